The molecule has 0 unspecified atom stereocenters. The molecule has 0 saturated carbocycles. The van der Waals surface area contributed by atoms with Gasteiger partial charge >= 0.3 is 0 Å². The lowest BCUT2D eigenvalue weighted by molar-refractivity contribution is -0.123. The molecule has 0 aliphatic heterocycles. The van der Waals surface area contributed by atoms with E-state index >= 15 is 0 Å². The first kappa shape index (κ1) is 21.5. The van der Waals surface area contributed by atoms with Crippen LogP contribution in [-0.2, 0) is 24.4 Å². The second-order valence-corrected chi connectivity index (χ2v) is 9.09. The Bertz CT molecular complexity index is 746. The molecule has 0 spiro atoms. The van der Waals surface area contributed by atoms with Crippen LogP contribution in [0.15, 0.2) is 29.4 Å². The highest BCUT2D eigenvalue weighted by atomic mass is 32.2. The van der Waals surface area contributed by atoms with Crippen molar-refractivity contribution in [2.45, 2.75) is 66.3 Å². The maximum atomic E-state index is 12.2. The fraction of sp³-hybridized carbons (Fsp3) is 0.571. The Morgan fingerprint density at radius 2 is 1.85 bits per heavy atom. The number of carbonyl (C=O) groups is 1. The van der Waals surface area contributed by atoms with Gasteiger partial charge in [-0.25, -0.2) is 0 Å². The molecule has 1 aromatic carbocycles. The summed E-state index contributed by atoms with van der Waals surface area (Å²) >= 11 is 1.46. The van der Waals surface area contributed by atoms with Gasteiger partial charge in [-0.05, 0) is 30.0 Å². The summed E-state index contributed by atoms with van der Waals surface area (Å²) in [5, 5.41) is 9.40. The lowest BCUT2D eigenvalue weighted by Crippen LogP contribution is -2.22. The monoisotopic (exact) mass is 389 g/mol. The van der Waals surface area contributed by atoms with Crippen molar-refractivity contribution < 1.29 is 9.53 Å². The zero-order valence-electron chi connectivity index (χ0n) is 17.3. The number of thioether (sulfide) groups is 1. The fourth-order valence-electron chi connectivity index (χ4n) is 2.40. The van der Waals surface area contributed by atoms with E-state index in [1.807, 2.05) is 32.9 Å². The molecule has 27 heavy (non-hydrogen) atoms. The van der Waals surface area contributed by atoms with E-state index in [1.165, 1.54) is 17.3 Å². The molecule has 0 aliphatic carbocycles. The minimum atomic E-state index is -0.341. The van der Waals surface area contributed by atoms with E-state index in [4.69, 9.17) is 4.74 Å². The predicted molar refractivity (Wildman–Crippen MR) is 110 cm³/mol. The molecule has 0 atom stereocenters. The van der Waals surface area contributed by atoms with Crippen LogP contribution in [0, 0.1) is 11.3 Å². The Hall–Kier alpha value is -1.82. The van der Waals surface area contributed by atoms with Gasteiger partial charge in [0.05, 0.1) is 5.75 Å². The van der Waals surface area contributed by atoms with Crippen LogP contribution in [-0.4, -0.2) is 26.3 Å². The number of Topliss-reactive ketones (excluding diaryl/α,β-unsaturated/α-hetero) is 1. The standard InChI is InChI=1S/C21H31N3O2S/c1-7-16-8-10-17(11-9-16)26-13-19-22-23-20(24(19)12-15(2)3)27-14-18(25)21(4,5)6/h8-11,15H,7,12-14H2,1-6H3. The topological polar surface area (TPSA) is 57.0 Å². The van der Waals surface area contributed by atoms with Gasteiger partial charge in [-0.3, -0.25) is 4.79 Å². The second kappa shape index (κ2) is 9.40. The van der Waals surface area contributed by atoms with Gasteiger partial charge in [0.1, 0.15) is 18.1 Å². The summed E-state index contributed by atoms with van der Waals surface area (Å²) in [6.45, 7) is 13.4. The number of hydrogen-bond donors (Lipinski definition) is 0. The van der Waals surface area contributed by atoms with Crippen LogP contribution in [0.3, 0.4) is 0 Å². The van der Waals surface area contributed by atoms with Crippen molar-refractivity contribution in [2.24, 2.45) is 11.3 Å². The van der Waals surface area contributed by atoms with Gasteiger partial charge in [0.2, 0.25) is 0 Å². The highest BCUT2D eigenvalue weighted by Gasteiger charge is 2.23. The zero-order valence-corrected chi connectivity index (χ0v) is 18.1. The molecular weight excluding hydrogens is 358 g/mol. The minimum Gasteiger partial charge on any atom is -0.486 e. The zero-order chi connectivity index (χ0) is 20.0. The van der Waals surface area contributed by atoms with Crippen LogP contribution < -0.4 is 4.74 Å². The molecule has 1 heterocycles. The summed E-state index contributed by atoms with van der Waals surface area (Å²) in [7, 11) is 0. The van der Waals surface area contributed by atoms with Gasteiger partial charge in [0, 0.05) is 12.0 Å². The SMILES string of the molecule is CCc1ccc(OCc2nnc(SCC(=O)C(C)(C)C)n2CC(C)C)cc1. The Morgan fingerprint density at radius 3 is 2.41 bits per heavy atom. The maximum Gasteiger partial charge on any atom is 0.191 e. The van der Waals surface area contributed by atoms with Crippen molar-refractivity contribution >= 4 is 17.5 Å². The molecule has 0 bridgehead atoms. The number of aromatic nitrogens is 3. The first-order chi connectivity index (χ1) is 12.7. The van der Waals surface area contributed by atoms with E-state index in [1.54, 1.807) is 0 Å². The molecule has 2 rings (SSSR count). The molecule has 0 radical (unpaired) electrons. The van der Waals surface area contributed by atoms with E-state index in [9.17, 15) is 4.79 Å². The quantitative estimate of drug-likeness (QED) is 0.578. The van der Waals surface area contributed by atoms with E-state index in [2.05, 4.69) is 47.7 Å². The summed E-state index contributed by atoms with van der Waals surface area (Å²) in [6, 6.07) is 8.13. The molecule has 148 valence electrons. The number of carbonyl (C=O) groups excluding carboxylic acids is 1. The van der Waals surface area contributed by atoms with Gasteiger partial charge in [-0.2, -0.15) is 0 Å². The number of hydrogen-bond acceptors (Lipinski definition) is 5. The third-order valence-electron chi connectivity index (χ3n) is 4.21. The number of ether oxygens (including phenoxy) is 1. The highest BCUT2D eigenvalue weighted by Crippen LogP contribution is 2.24. The first-order valence-corrected chi connectivity index (χ1v) is 10.5. The fourth-order valence-corrected chi connectivity index (χ4v) is 3.52. The average molecular weight is 390 g/mol. The predicted octanol–water partition coefficient (Wildman–Crippen LogP) is 4.78. The van der Waals surface area contributed by atoms with Crippen molar-refractivity contribution in [3.05, 3.63) is 35.7 Å². The van der Waals surface area contributed by atoms with E-state index in [-0.39, 0.29) is 11.2 Å². The lowest BCUT2D eigenvalue weighted by atomic mass is 9.92. The number of benzene rings is 1. The first-order valence-electron chi connectivity index (χ1n) is 9.50. The molecular formula is C21H31N3O2S. The van der Waals surface area contributed by atoms with Gasteiger partial charge in [0.25, 0.3) is 0 Å². The van der Waals surface area contributed by atoms with Crippen molar-refractivity contribution in [3.8, 4) is 5.75 Å². The summed E-state index contributed by atoms with van der Waals surface area (Å²) in [5.41, 5.74) is 0.944. The Labute approximate surface area is 166 Å². The lowest BCUT2D eigenvalue weighted by Gasteiger charge is -2.16. The number of ketones is 1. The van der Waals surface area contributed by atoms with Crippen molar-refractivity contribution in [1.29, 1.82) is 0 Å². The van der Waals surface area contributed by atoms with Crippen LogP contribution in [0.1, 0.15) is 52.9 Å². The van der Waals surface area contributed by atoms with Crippen molar-refractivity contribution in [1.82, 2.24) is 14.8 Å². The summed E-state index contributed by atoms with van der Waals surface area (Å²) in [5.74, 6) is 2.66. The van der Waals surface area contributed by atoms with Crippen molar-refractivity contribution in [2.75, 3.05) is 5.75 Å². The van der Waals surface area contributed by atoms with E-state index in [0.29, 0.717) is 18.3 Å². The second-order valence-electron chi connectivity index (χ2n) is 8.15. The smallest absolute Gasteiger partial charge is 0.191 e. The molecule has 0 aliphatic rings. The van der Waals surface area contributed by atoms with Gasteiger partial charge in [0.15, 0.2) is 11.0 Å². The molecule has 0 N–H and O–H groups in total. The normalized spacial score (nSPS) is 11.8. The molecule has 0 amide bonds. The Balaban J connectivity index is 2.08. The number of aryl methyl sites for hydroxylation is 1. The van der Waals surface area contributed by atoms with Crippen LogP contribution >= 0.6 is 11.8 Å². The average Bonchev–Trinajstić information content (AvgIpc) is 2.98. The summed E-state index contributed by atoms with van der Waals surface area (Å²) < 4.78 is 7.98. The largest absolute Gasteiger partial charge is 0.486 e. The third-order valence-corrected chi connectivity index (χ3v) is 5.18. The van der Waals surface area contributed by atoms with Crippen LogP contribution in [0.2, 0.25) is 0 Å². The van der Waals surface area contributed by atoms with Crippen LogP contribution in [0.25, 0.3) is 0 Å². The number of nitrogens with zero attached hydrogens (tertiary/aromatic N) is 3. The minimum absolute atomic E-state index is 0.209. The van der Waals surface area contributed by atoms with Crippen LogP contribution in [0.4, 0.5) is 0 Å². The van der Waals surface area contributed by atoms with Gasteiger partial charge < -0.3 is 9.30 Å². The summed E-state index contributed by atoms with van der Waals surface area (Å²) in [4.78, 5) is 12.2. The van der Waals surface area contributed by atoms with E-state index < -0.39 is 0 Å². The molecule has 2 aromatic rings. The molecule has 6 heteroatoms. The van der Waals surface area contributed by atoms with Gasteiger partial charge in [-0.15, -0.1) is 10.2 Å². The van der Waals surface area contributed by atoms with E-state index in [0.717, 1.165) is 29.7 Å². The summed E-state index contributed by atoms with van der Waals surface area (Å²) in [6.07, 6.45) is 1.01. The van der Waals surface area contributed by atoms with Crippen LogP contribution in [0.5, 0.6) is 5.75 Å². The highest BCUT2D eigenvalue weighted by molar-refractivity contribution is 7.99. The molecule has 1 aromatic heterocycles. The number of rotatable bonds is 9. The Kier molecular flexibility index (Phi) is 7.48. The van der Waals surface area contributed by atoms with Crippen molar-refractivity contribution in [3.63, 3.8) is 0 Å². The van der Waals surface area contributed by atoms with Gasteiger partial charge in [-0.1, -0.05) is 65.4 Å². The third kappa shape index (κ3) is 6.38. The molecule has 0 saturated heterocycles. The molecule has 5 nitrogen and oxygen atoms in total. The maximum absolute atomic E-state index is 12.2. The Morgan fingerprint density at radius 1 is 1.19 bits per heavy atom. The molecule has 0 fully saturated rings.